The summed E-state index contributed by atoms with van der Waals surface area (Å²) in [5, 5.41) is 6.78. The van der Waals surface area contributed by atoms with Crippen LogP contribution in [-0.4, -0.2) is 36.9 Å². The van der Waals surface area contributed by atoms with E-state index in [-0.39, 0.29) is 18.4 Å². The van der Waals surface area contributed by atoms with Crippen molar-refractivity contribution in [1.82, 2.24) is 10.2 Å². The minimum Gasteiger partial charge on any atom is -0.462 e. The molecule has 1 aromatic rings. The number of halogens is 1. The third kappa shape index (κ3) is 2.86. The molecule has 0 amide bonds. The molecule has 0 bridgehead atoms. The number of esters is 1. The van der Waals surface area contributed by atoms with Gasteiger partial charge in [-0.2, -0.15) is 5.10 Å². The number of rotatable bonds is 3. The highest BCUT2D eigenvalue weighted by Gasteiger charge is 2.20. The van der Waals surface area contributed by atoms with Gasteiger partial charge in [-0.1, -0.05) is 0 Å². The minimum atomic E-state index is -0.331. The van der Waals surface area contributed by atoms with Crippen LogP contribution in [-0.2, 0) is 4.74 Å². The van der Waals surface area contributed by atoms with Crippen LogP contribution in [0.2, 0.25) is 0 Å². The van der Waals surface area contributed by atoms with Gasteiger partial charge in [-0.05, 0) is 13.8 Å². The van der Waals surface area contributed by atoms with E-state index in [2.05, 4.69) is 10.2 Å². The Hall–Kier alpha value is -1.23. The molecule has 1 aromatic heterocycles. The van der Waals surface area contributed by atoms with Gasteiger partial charge in [-0.25, -0.2) is 4.79 Å². The Balaban J connectivity index is 0.00000196. The molecular weight excluding hydrogens is 218 g/mol. The van der Waals surface area contributed by atoms with Crippen LogP contribution in [0.3, 0.4) is 0 Å². The average Bonchev–Trinajstić information content (AvgIpc) is 2.47. The number of nitrogens with zero attached hydrogens (tertiary/aromatic N) is 2. The summed E-state index contributed by atoms with van der Waals surface area (Å²) in [6.07, 6.45) is 0. The zero-order chi connectivity index (χ0) is 10.7. The summed E-state index contributed by atoms with van der Waals surface area (Å²) in [7, 11) is 3.66. The molecule has 0 aliphatic rings. The topological polar surface area (TPSA) is 58.2 Å². The Morgan fingerprint density at radius 2 is 2.13 bits per heavy atom. The number of aryl methyl sites for hydroxylation is 1. The Kier molecular flexibility index (Phi) is 5.14. The van der Waals surface area contributed by atoms with Crippen molar-refractivity contribution in [1.29, 1.82) is 0 Å². The predicted octanol–water partition coefficient (Wildman–Crippen LogP) is 1.38. The van der Waals surface area contributed by atoms with Crippen LogP contribution in [0.4, 0.5) is 5.82 Å². The van der Waals surface area contributed by atoms with Crippen molar-refractivity contribution in [3.63, 3.8) is 0 Å². The van der Waals surface area contributed by atoms with E-state index in [1.165, 1.54) is 0 Å². The molecule has 0 saturated carbocycles. The number of hydrogen-bond donors (Lipinski definition) is 1. The van der Waals surface area contributed by atoms with Crippen molar-refractivity contribution >= 4 is 24.2 Å². The first-order valence-corrected chi connectivity index (χ1v) is 4.47. The van der Waals surface area contributed by atoms with E-state index < -0.39 is 0 Å². The quantitative estimate of drug-likeness (QED) is 0.802. The highest BCUT2D eigenvalue weighted by molar-refractivity contribution is 5.96. The van der Waals surface area contributed by atoms with Gasteiger partial charge in [-0.15, -0.1) is 12.4 Å². The molecule has 1 rings (SSSR count). The van der Waals surface area contributed by atoms with Gasteiger partial charge in [-0.3, -0.25) is 5.10 Å². The van der Waals surface area contributed by atoms with E-state index in [1.54, 1.807) is 18.7 Å². The lowest BCUT2D eigenvalue weighted by molar-refractivity contribution is 0.0526. The summed E-state index contributed by atoms with van der Waals surface area (Å²) in [5.41, 5.74) is 1.24. The van der Waals surface area contributed by atoms with E-state index in [0.29, 0.717) is 18.0 Å². The van der Waals surface area contributed by atoms with E-state index in [9.17, 15) is 4.79 Å². The summed E-state index contributed by atoms with van der Waals surface area (Å²) >= 11 is 0. The molecule has 0 aliphatic carbocycles. The molecule has 0 spiro atoms. The van der Waals surface area contributed by atoms with Crippen molar-refractivity contribution in [3.05, 3.63) is 11.3 Å². The first kappa shape index (κ1) is 13.8. The van der Waals surface area contributed by atoms with Crippen LogP contribution in [0.25, 0.3) is 0 Å². The third-order valence-corrected chi connectivity index (χ3v) is 1.83. The standard InChI is InChI=1S/C9H15N3O2.ClH/c1-5-14-9(13)7-6(2)10-11-8(7)12(3)4;/h5H2,1-4H3,(H,10,11);1H. The van der Waals surface area contributed by atoms with Crippen LogP contribution in [0.15, 0.2) is 0 Å². The molecule has 86 valence electrons. The lowest BCUT2D eigenvalue weighted by atomic mass is 10.2. The summed E-state index contributed by atoms with van der Waals surface area (Å²) in [6.45, 7) is 3.95. The predicted molar refractivity (Wildman–Crippen MR) is 60.9 cm³/mol. The van der Waals surface area contributed by atoms with Crippen LogP contribution in [0.1, 0.15) is 23.0 Å². The van der Waals surface area contributed by atoms with Gasteiger partial charge in [0.1, 0.15) is 5.56 Å². The number of aromatic amines is 1. The summed E-state index contributed by atoms with van der Waals surface area (Å²) < 4.78 is 4.93. The molecule has 0 saturated heterocycles. The molecule has 5 nitrogen and oxygen atoms in total. The number of carbonyl (C=O) groups is 1. The second-order valence-corrected chi connectivity index (χ2v) is 3.16. The van der Waals surface area contributed by atoms with Crippen LogP contribution < -0.4 is 4.90 Å². The minimum absolute atomic E-state index is 0. The third-order valence-electron chi connectivity index (χ3n) is 1.83. The smallest absolute Gasteiger partial charge is 0.343 e. The van der Waals surface area contributed by atoms with Crippen molar-refractivity contribution < 1.29 is 9.53 Å². The van der Waals surface area contributed by atoms with Gasteiger partial charge in [0.15, 0.2) is 5.82 Å². The summed E-state index contributed by atoms with van der Waals surface area (Å²) in [6, 6.07) is 0. The van der Waals surface area contributed by atoms with Crippen LogP contribution in [0, 0.1) is 6.92 Å². The second kappa shape index (κ2) is 5.60. The number of aromatic nitrogens is 2. The normalized spacial score (nSPS) is 9.33. The van der Waals surface area contributed by atoms with Crippen molar-refractivity contribution in [2.75, 3.05) is 25.6 Å². The van der Waals surface area contributed by atoms with Crippen molar-refractivity contribution in [2.45, 2.75) is 13.8 Å². The summed E-state index contributed by atoms with van der Waals surface area (Å²) in [4.78, 5) is 13.3. The maximum atomic E-state index is 11.5. The summed E-state index contributed by atoms with van der Waals surface area (Å²) in [5.74, 6) is 0.281. The number of nitrogens with one attached hydrogen (secondary N) is 1. The second-order valence-electron chi connectivity index (χ2n) is 3.16. The van der Waals surface area contributed by atoms with Crippen molar-refractivity contribution in [2.24, 2.45) is 0 Å². The van der Waals surface area contributed by atoms with Crippen LogP contribution in [0.5, 0.6) is 0 Å². The Labute approximate surface area is 95.2 Å². The molecular formula is C9H16ClN3O2. The fourth-order valence-electron chi connectivity index (χ4n) is 1.19. The molecule has 0 atom stereocenters. The lowest BCUT2D eigenvalue weighted by Crippen LogP contribution is -2.15. The maximum absolute atomic E-state index is 11.5. The fourth-order valence-corrected chi connectivity index (χ4v) is 1.19. The SMILES string of the molecule is CCOC(=O)c1c(N(C)C)n[nH]c1C.Cl. The number of anilines is 1. The highest BCUT2D eigenvalue weighted by atomic mass is 35.5. The average molecular weight is 234 g/mol. The monoisotopic (exact) mass is 233 g/mol. The largest absolute Gasteiger partial charge is 0.462 e. The van der Waals surface area contributed by atoms with Gasteiger partial charge < -0.3 is 9.64 Å². The molecule has 0 aliphatic heterocycles. The Bertz CT molecular complexity index is 336. The number of ether oxygens (including phenoxy) is 1. The first-order valence-electron chi connectivity index (χ1n) is 4.47. The number of carbonyl (C=O) groups excluding carboxylic acids is 1. The van der Waals surface area contributed by atoms with E-state index in [1.807, 2.05) is 14.1 Å². The molecule has 15 heavy (non-hydrogen) atoms. The molecule has 0 fully saturated rings. The van der Waals surface area contributed by atoms with Gasteiger partial charge in [0, 0.05) is 19.8 Å². The highest BCUT2D eigenvalue weighted by Crippen LogP contribution is 2.19. The van der Waals surface area contributed by atoms with Gasteiger partial charge in [0.2, 0.25) is 0 Å². The molecule has 6 heteroatoms. The molecule has 1 heterocycles. The van der Waals surface area contributed by atoms with Crippen molar-refractivity contribution in [3.8, 4) is 0 Å². The van der Waals surface area contributed by atoms with Crippen LogP contribution >= 0.6 is 12.4 Å². The van der Waals surface area contributed by atoms with Gasteiger partial charge in [0.05, 0.1) is 6.61 Å². The van der Waals surface area contributed by atoms with Gasteiger partial charge >= 0.3 is 5.97 Å². The molecule has 0 aromatic carbocycles. The fraction of sp³-hybridized carbons (Fsp3) is 0.556. The van der Waals surface area contributed by atoms with Gasteiger partial charge in [0.25, 0.3) is 0 Å². The Morgan fingerprint density at radius 3 is 2.60 bits per heavy atom. The van der Waals surface area contributed by atoms with E-state index >= 15 is 0 Å². The number of H-pyrrole nitrogens is 1. The first-order chi connectivity index (χ1) is 6.57. The van der Waals surface area contributed by atoms with E-state index in [4.69, 9.17) is 4.74 Å². The molecule has 1 N–H and O–H groups in total. The lowest BCUT2D eigenvalue weighted by Gasteiger charge is -2.10. The Morgan fingerprint density at radius 1 is 1.53 bits per heavy atom. The molecule has 0 radical (unpaired) electrons. The van der Waals surface area contributed by atoms with E-state index in [0.717, 1.165) is 5.69 Å². The number of hydrogen-bond acceptors (Lipinski definition) is 4. The maximum Gasteiger partial charge on any atom is 0.343 e. The molecule has 0 unspecified atom stereocenters. The zero-order valence-electron chi connectivity index (χ0n) is 9.33. The zero-order valence-corrected chi connectivity index (χ0v) is 10.1.